The maximum atomic E-state index is 11.5. The average Bonchev–Trinajstić information content (AvgIpc) is 2.60. The summed E-state index contributed by atoms with van der Waals surface area (Å²) in [4.78, 5) is 2.20. The molecule has 0 bridgehead atoms. The predicted octanol–water partition coefficient (Wildman–Crippen LogP) is 0.869. The molecular formula is C12H26N2O2S. The Morgan fingerprint density at radius 3 is 2.53 bits per heavy atom. The highest BCUT2D eigenvalue weighted by molar-refractivity contribution is 7.91. The van der Waals surface area contributed by atoms with Gasteiger partial charge in [-0.3, -0.25) is 4.90 Å². The molecule has 4 nitrogen and oxygen atoms in total. The summed E-state index contributed by atoms with van der Waals surface area (Å²) >= 11 is 0. The maximum absolute atomic E-state index is 11.5. The molecule has 3 unspecified atom stereocenters. The lowest BCUT2D eigenvalue weighted by Gasteiger charge is -2.35. The van der Waals surface area contributed by atoms with Crippen LogP contribution >= 0.6 is 0 Å². The Morgan fingerprint density at radius 2 is 2.12 bits per heavy atom. The van der Waals surface area contributed by atoms with Crippen LogP contribution in [-0.4, -0.2) is 50.5 Å². The molecule has 1 aliphatic heterocycles. The standard InChI is InChI=1S/C12H26N2O2S/c1-4-5-10(2)12(8-13)14(3)11-6-7-17(15,16)9-11/h10-12H,4-9,13H2,1-3H3. The molecule has 0 aromatic carbocycles. The molecule has 0 aromatic heterocycles. The second-order valence-corrected chi connectivity index (χ2v) is 7.52. The summed E-state index contributed by atoms with van der Waals surface area (Å²) in [6, 6.07) is 0.459. The minimum Gasteiger partial charge on any atom is -0.329 e. The second kappa shape index (κ2) is 6.16. The molecule has 2 N–H and O–H groups in total. The highest BCUT2D eigenvalue weighted by atomic mass is 32.2. The molecule has 0 amide bonds. The van der Waals surface area contributed by atoms with Gasteiger partial charge in [-0.2, -0.15) is 0 Å². The average molecular weight is 262 g/mol. The number of nitrogens with two attached hydrogens (primary N) is 1. The Kier molecular flexibility index (Phi) is 5.41. The van der Waals surface area contributed by atoms with E-state index in [-0.39, 0.29) is 6.04 Å². The van der Waals surface area contributed by atoms with Crippen molar-refractivity contribution in [2.45, 2.75) is 45.2 Å². The summed E-state index contributed by atoms with van der Waals surface area (Å²) in [6.45, 7) is 4.99. The smallest absolute Gasteiger partial charge is 0.151 e. The van der Waals surface area contributed by atoms with E-state index in [0.717, 1.165) is 19.3 Å². The molecule has 17 heavy (non-hydrogen) atoms. The van der Waals surface area contributed by atoms with E-state index < -0.39 is 9.84 Å². The maximum Gasteiger partial charge on any atom is 0.151 e. The van der Waals surface area contributed by atoms with Crippen molar-refractivity contribution in [3.8, 4) is 0 Å². The van der Waals surface area contributed by atoms with E-state index in [1.807, 2.05) is 7.05 Å². The molecule has 102 valence electrons. The molecule has 0 aromatic rings. The van der Waals surface area contributed by atoms with Gasteiger partial charge in [-0.25, -0.2) is 8.42 Å². The first-order valence-corrected chi connectivity index (χ1v) is 8.35. The zero-order chi connectivity index (χ0) is 13.1. The van der Waals surface area contributed by atoms with E-state index in [1.165, 1.54) is 0 Å². The van der Waals surface area contributed by atoms with Gasteiger partial charge in [0.15, 0.2) is 9.84 Å². The third kappa shape index (κ3) is 3.93. The van der Waals surface area contributed by atoms with Crippen LogP contribution in [0, 0.1) is 5.92 Å². The molecule has 5 heteroatoms. The molecule has 0 saturated carbocycles. The first-order valence-electron chi connectivity index (χ1n) is 6.53. The molecule has 1 aliphatic rings. The van der Waals surface area contributed by atoms with Crippen molar-refractivity contribution < 1.29 is 8.42 Å². The Balaban J connectivity index is 2.63. The van der Waals surface area contributed by atoms with E-state index in [9.17, 15) is 8.42 Å². The third-order valence-corrected chi connectivity index (χ3v) is 5.70. The van der Waals surface area contributed by atoms with Gasteiger partial charge >= 0.3 is 0 Å². The van der Waals surface area contributed by atoms with Crippen LogP contribution in [-0.2, 0) is 9.84 Å². The van der Waals surface area contributed by atoms with Crippen LogP contribution in [0.3, 0.4) is 0 Å². The second-order valence-electron chi connectivity index (χ2n) is 5.29. The van der Waals surface area contributed by atoms with Crippen LogP contribution in [0.25, 0.3) is 0 Å². The van der Waals surface area contributed by atoms with Gasteiger partial charge in [0.25, 0.3) is 0 Å². The van der Waals surface area contributed by atoms with Gasteiger partial charge in [0.05, 0.1) is 11.5 Å². The van der Waals surface area contributed by atoms with Crippen molar-refractivity contribution in [2.24, 2.45) is 11.7 Å². The number of hydrogen-bond acceptors (Lipinski definition) is 4. The molecule has 1 heterocycles. The molecule has 0 aliphatic carbocycles. The monoisotopic (exact) mass is 262 g/mol. The molecule has 1 saturated heterocycles. The fourth-order valence-corrected chi connectivity index (χ4v) is 4.60. The Morgan fingerprint density at radius 1 is 1.47 bits per heavy atom. The van der Waals surface area contributed by atoms with Crippen molar-refractivity contribution in [2.75, 3.05) is 25.1 Å². The Bertz CT molecular complexity index is 329. The molecular weight excluding hydrogens is 236 g/mol. The summed E-state index contributed by atoms with van der Waals surface area (Å²) in [5.41, 5.74) is 5.85. The zero-order valence-electron chi connectivity index (χ0n) is 11.2. The van der Waals surface area contributed by atoms with Gasteiger partial charge in [-0.1, -0.05) is 20.3 Å². The molecule has 1 fully saturated rings. The Labute approximate surface area is 105 Å². The molecule has 3 atom stereocenters. The molecule has 1 rings (SSSR count). The van der Waals surface area contributed by atoms with Gasteiger partial charge < -0.3 is 5.73 Å². The quantitative estimate of drug-likeness (QED) is 0.771. The zero-order valence-corrected chi connectivity index (χ0v) is 12.0. The predicted molar refractivity (Wildman–Crippen MR) is 71.7 cm³/mol. The fourth-order valence-electron chi connectivity index (χ4n) is 2.82. The highest BCUT2D eigenvalue weighted by Gasteiger charge is 2.34. The van der Waals surface area contributed by atoms with Crippen molar-refractivity contribution in [1.29, 1.82) is 0 Å². The topological polar surface area (TPSA) is 63.4 Å². The summed E-state index contributed by atoms with van der Waals surface area (Å²) in [5, 5.41) is 0. The van der Waals surface area contributed by atoms with E-state index >= 15 is 0 Å². The van der Waals surface area contributed by atoms with Crippen molar-refractivity contribution in [3.05, 3.63) is 0 Å². The number of nitrogens with zero attached hydrogens (tertiary/aromatic N) is 1. The minimum atomic E-state index is -2.80. The SMILES string of the molecule is CCCC(C)C(CN)N(C)C1CCS(=O)(=O)C1. The summed E-state index contributed by atoms with van der Waals surface area (Å²) < 4.78 is 23.0. The van der Waals surface area contributed by atoms with Crippen molar-refractivity contribution >= 4 is 9.84 Å². The molecule has 0 spiro atoms. The van der Waals surface area contributed by atoms with Gasteiger partial charge in [0.1, 0.15) is 0 Å². The van der Waals surface area contributed by atoms with Gasteiger partial charge in [-0.15, -0.1) is 0 Å². The number of rotatable bonds is 6. The fraction of sp³-hybridized carbons (Fsp3) is 1.00. The highest BCUT2D eigenvalue weighted by Crippen LogP contribution is 2.22. The molecule has 0 radical (unpaired) electrons. The summed E-state index contributed by atoms with van der Waals surface area (Å²) in [6.07, 6.45) is 3.05. The van der Waals surface area contributed by atoms with Crippen LogP contribution in [0.1, 0.15) is 33.1 Å². The van der Waals surface area contributed by atoms with Crippen LogP contribution in [0.4, 0.5) is 0 Å². The van der Waals surface area contributed by atoms with Crippen molar-refractivity contribution in [3.63, 3.8) is 0 Å². The lowest BCUT2D eigenvalue weighted by Crippen LogP contribution is -2.48. The van der Waals surface area contributed by atoms with Gasteiger partial charge in [-0.05, 0) is 25.8 Å². The first kappa shape index (κ1) is 14.9. The van der Waals surface area contributed by atoms with E-state index in [4.69, 9.17) is 5.73 Å². The van der Waals surface area contributed by atoms with E-state index in [0.29, 0.717) is 30.0 Å². The van der Waals surface area contributed by atoms with Crippen molar-refractivity contribution in [1.82, 2.24) is 4.90 Å². The summed E-state index contributed by atoms with van der Waals surface area (Å²) in [7, 11) is -0.780. The van der Waals surface area contributed by atoms with Gasteiger partial charge in [0, 0.05) is 18.6 Å². The van der Waals surface area contributed by atoms with Crippen LogP contribution < -0.4 is 5.73 Å². The largest absolute Gasteiger partial charge is 0.329 e. The van der Waals surface area contributed by atoms with Crippen LogP contribution in [0.2, 0.25) is 0 Å². The lowest BCUT2D eigenvalue weighted by atomic mass is 9.94. The van der Waals surface area contributed by atoms with Crippen LogP contribution in [0.15, 0.2) is 0 Å². The number of sulfone groups is 1. The first-order chi connectivity index (χ1) is 7.91. The number of likely N-dealkylation sites (N-methyl/N-ethyl adjacent to an activating group) is 1. The normalized spacial score (nSPS) is 27.2. The Hall–Kier alpha value is -0.130. The van der Waals surface area contributed by atoms with E-state index in [2.05, 4.69) is 18.7 Å². The number of hydrogen-bond donors (Lipinski definition) is 1. The minimum absolute atomic E-state index is 0.160. The van der Waals surface area contributed by atoms with Gasteiger partial charge in [0.2, 0.25) is 0 Å². The third-order valence-electron chi connectivity index (χ3n) is 3.95. The van der Waals surface area contributed by atoms with E-state index in [1.54, 1.807) is 0 Å². The van der Waals surface area contributed by atoms with Crippen LogP contribution in [0.5, 0.6) is 0 Å². The summed E-state index contributed by atoms with van der Waals surface area (Å²) in [5.74, 6) is 1.17. The lowest BCUT2D eigenvalue weighted by molar-refractivity contribution is 0.140.